The highest BCUT2D eigenvalue weighted by Crippen LogP contribution is 2.46. The molecule has 4 heteroatoms. The van der Waals surface area contributed by atoms with Crippen LogP contribution in [0.3, 0.4) is 0 Å². The van der Waals surface area contributed by atoms with E-state index in [0.29, 0.717) is 30.6 Å². The molecule has 1 aromatic carbocycles. The summed E-state index contributed by atoms with van der Waals surface area (Å²) in [4.78, 5) is 12.6. The van der Waals surface area contributed by atoms with Gasteiger partial charge in [0.15, 0.2) is 5.76 Å². The van der Waals surface area contributed by atoms with Crippen molar-refractivity contribution < 1.29 is 9.21 Å². The lowest BCUT2D eigenvalue weighted by Gasteiger charge is -2.42. The molecule has 1 saturated carbocycles. The van der Waals surface area contributed by atoms with E-state index in [1.54, 1.807) is 12.3 Å². The van der Waals surface area contributed by atoms with Gasteiger partial charge in [0, 0.05) is 13.0 Å². The molecule has 1 amide bonds. The molecule has 0 bridgehead atoms. The lowest BCUT2D eigenvalue weighted by Crippen LogP contribution is -2.34. The summed E-state index contributed by atoms with van der Waals surface area (Å²) < 4.78 is 5.97. The van der Waals surface area contributed by atoms with Crippen LogP contribution in [-0.4, -0.2) is 18.7 Å². The Morgan fingerprint density at radius 2 is 1.70 bits per heavy atom. The number of nitrogens with one attached hydrogen (secondary N) is 2. The van der Waals surface area contributed by atoms with Crippen LogP contribution in [0.2, 0.25) is 0 Å². The first-order chi connectivity index (χ1) is 15.6. The minimum Gasteiger partial charge on any atom is -0.456 e. The van der Waals surface area contributed by atoms with E-state index < -0.39 is 0 Å². The first-order valence-electron chi connectivity index (χ1n) is 12.6. The maximum absolute atomic E-state index is 12.6. The zero-order valence-electron chi connectivity index (χ0n) is 21.0. The SMILES string of the molecule is Cc1cc2c(cc1Cc1ccc(C(=O)NCC3CCC(C=N)CC3)o1)C(C)(C)CCC2(C)C. The number of hydrogen-bond donors (Lipinski definition) is 2. The first kappa shape index (κ1) is 23.8. The number of furan rings is 1. The van der Waals surface area contributed by atoms with Gasteiger partial charge in [-0.3, -0.25) is 4.79 Å². The molecule has 2 aromatic rings. The highest BCUT2D eigenvalue weighted by atomic mass is 16.3. The summed E-state index contributed by atoms with van der Waals surface area (Å²) in [6.45, 7) is 12.3. The number of benzene rings is 1. The molecule has 1 aromatic heterocycles. The zero-order chi connectivity index (χ0) is 23.8. The third-order valence-electron chi connectivity index (χ3n) is 8.24. The second-order valence-electron chi connectivity index (χ2n) is 11.7. The predicted molar refractivity (Wildman–Crippen MR) is 135 cm³/mol. The van der Waals surface area contributed by atoms with Gasteiger partial charge in [-0.1, -0.05) is 39.8 Å². The monoisotopic (exact) mass is 448 g/mol. The second-order valence-corrected chi connectivity index (χ2v) is 11.7. The molecule has 0 unspecified atom stereocenters. The Balaban J connectivity index is 1.42. The minimum atomic E-state index is -0.125. The van der Waals surface area contributed by atoms with Crippen LogP contribution in [0.4, 0.5) is 0 Å². The van der Waals surface area contributed by atoms with E-state index in [1.165, 1.54) is 35.1 Å². The Labute approximate surface area is 199 Å². The molecule has 2 aliphatic rings. The van der Waals surface area contributed by atoms with Gasteiger partial charge in [-0.2, -0.15) is 0 Å². The summed E-state index contributed by atoms with van der Waals surface area (Å²) in [5, 5.41) is 10.5. The third kappa shape index (κ3) is 5.10. The highest BCUT2D eigenvalue weighted by Gasteiger charge is 2.37. The normalized spacial score (nSPS) is 23.5. The van der Waals surface area contributed by atoms with Crippen LogP contribution in [-0.2, 0) is 17.3 Å². The van der Waals surface area contributed by atoms with Crippen molar-refractivity contribution in [2.75, 3.05) is 6.54 Å². The molecule has 0 saturated heterocycles. The number of aryl methyl sites for hydroxylation is 1. The minimum absolute atomic E-state index is 0.125. The van der Waals surface area contributed by atoms with Crippen molar-refractivity contribution in [3.05, 3.63) is 58.0 Å². The summed E-state index contributed by atoms with van der Waals surface area (Å²) in [7, 11) is 0. The largest absolute Gasteiger partial charge is 0.456 e. The summed E-state index contributed by atoms with van der Waals surface area (Å²) in [5.41, 5.74) is 5.91. The molecule has 0 atom stereocenters. The topological polar surface area (TPSA) is 66.1 Å². The fraction of sp³-hybridized carbons (Fsp3) is 0.586. The summed E-state index contributed by atoms with van der Waals surface area (Å²) >= 11 is 0. The molecule has 178 valence electrons. The van der Waals surface area contributed by atoms with Crippen LogP contribution in [0.25, 0.3) is 0 Å². The Hall–Kier alpha value is -2.36. The van der Waals surface area contributed by atoms with Crippen molar-refractivity contribution in [2.45, 2.75) is 90.4 Å². The summed E-state index contributed by atoms with van der Waals surface area (Å²) in [5.74, 6) is 2.04. The van der Waals surface area contributed by atoms with Crippen molar-refractivity contribution in [1.29, 1.82) is 5.41 Å². The van der Waals surface area contributed by atoms with Gasteiger partial charge < -0.3 is 15.1 Å². The number of rotatable bonds is 6. The van der Waals surface area contributed by atoms with Gasteiger partial charge in [0.05, 0.1) is 0 Å². The maximum atomic E-state index is 12.6. The molecule has 2 aliphatic carbocycles. The van der Waals surface area contributed by atoms with E-state index in [1.807, 2.05) is 6.07 Å². The van der Waals surface area contributed by atoms with Crippen LogP contribution in [0.15, 0.2) is 28.7 Å². The maximum Gasteiger partial charge on any atom is 0.287 e. The fourth-order valence-corrected chi connectivity index (χ4v) is 5.62. The van der Waals surface area contributed by atoms with E-state index in [0.717, 1.165) is 31.4 Å². The van der Waals surface area contributed by atoms with Crippen molar-refractivity contribution in [3.8, 4) is 0 Å². The highest BCUT2D eigenvalue weighted by molar-refractivity contribution is 5.91. The molecule has 0 aliphatic heterocycles. The molecular formula is C29H40N2O2. The average Bonchev–Trinajstić information content (AvgIpc) is 3.25. The standard InChI is InChI=1S/C29H40N2O2/c1-19-14-24-25(29(4,5)13-12-28(24,2)3)16-22(19)15-23-10-11-26(33-23)27(32)31-18-21-8-6-20(17-30)7-9-21/h10-11,14,16-17,20-21,30H,6-9,12-13,15,18H2,1-5H3,(H,31,32). The van der Waals surface area contributed by atoms with Crippen LogP contribution >= 0.6 is 0 Å². The molecular weight excluding hydrogens is 408 g/mol. The molecule has 1 heterocycles. The van der Waals surface area contributed by atoms with Crippen LogP contribution in [0, 0.1) is 24.2 Å². The molecule has 1 fully saturated rings. The molecule has 33 heavy (non-hydrogen) atoms. The second kappa shape index (κ2) is 9.12. The number of hydrogen-bond acceptors (Lipinski definition) is 3. The van der Waals surface area contributed by atoms with E-state index >= 15 is 0 Å². The van der Waals surface area contributed by atoms with E-state index in [4.69, 9.17) is 9.83 Å². The van der Waals surface area contributed by atoms with Crippen LogP contribution in [0.5, 0.6) is 0 Å². The Morgan fingerprint density at radius 1 is 1.06 bits per heavy atom. The summed E-state index contributed by atoms with van der Waals surface area (Å²) in [6, 6.07) is 8.52. The lowest BCUT2D eigenvalue weighted by molar-refractivity contribution is 0.0913. The number of fused-ring (bicyclic) bond motifs is 1. The van der Waals surface area contributed by atoms with Gasteiger partial charge in [0.2, 0.25) is 0 Å². The van der Waals surface area contributed by atoms with E-state index in [-0.39, 0.29) is 16.7 Å². The number of carbonyl (C=O) groups excluding carboxylic acids is 1. The number of amides is 1. The Kier molecular flexibility index (Phi) is 6.57. The third-order valence-corrected chi connectivity index (χ3v) is 8.24. The Morgan fingerprint density at radius 3 is 2.33 bits per heavy atom. The van der Waals surface area contributed by atoms with Gasteiger partial charge in [-0.25, -0.2) is 0 Å². The molecule has 4 rings (SSSR count). The zero-order valence-corrected chi connectivity index (χ0v) is 21.0. The molecule has 4 nitrogen and oxygen atoms in total. The quantitative estimate of drug-likeness (QED) is 0.482. The van der Waals surface area contributed by atoms with E-state index in [2.05, 4.69) is 52.1 Å². The Bertz CT molecular complexity index is 1020. The summed E-state index contributed by atoms with van der Waals surface area (Å²) in [6.07, 6.45) is 8.97. The first-order valence-corrected chi connectivity index (χ1v) is 12.6. The fourth-order valence-electron chi connectivity index (χ4n) is 5.62. The lowest BCUT2D eigenvalue weighted by atomic mass is 9.62. The van der Waals surface area contributed by atoms with Crippen LogP contribution in [0.1, 0.15) is 105 Å². The van der Waals surface area contributed by atoms with Gasteiger partial charge in [0.25, 0.3) is 5.91 Å². The van der Waals surface area contributed by atoms with Crippen molar-refractivity contribution in [2.24, 2.45) is 11.8 Å². The van der Waals surface area contributed by atoms with Crippen molar-refractivity contribution in [3.63, 3.8) is 0 Å². The van der Waals surface area contributed by atoms with Gasteiger partial charge in [-0.05, 0) is 109 Å². The average molecular weight is 449 g/mol. The van der Waals surface area contributed by atoms with Crippen molar-refractivity contribution in [1.82, 2.24) is 5.32 Å². The van der Waals surface area contributed by atoms with Crippen molar-refractivity contribution >= 4 is 12.1 Å². The smallest absolute Gasteiger partial charge is 0.287 e. The molecule has 0 radical (unpaired) electrons. The van der Waals surface area contributed by atoms with Gasteiger partial charge >= 0.3 is 0 Å². The van der Waals surface area contributed by atoms with Crippen LogP contribution < -0.4 is 5.32 Å². The van der Waals surface area contributed by atoms with Gasteiger partial charge in [-0.15, -0.1) is 0 Å². The number of carbonyl (C=O) groups is 1. The molecule has 0 spiro atoms. The molecule has 2 N–H and O–H groups in total. The van der Waals surface area contributed by atoms with E-state index in [9.17, 15) is 4.79 Å². The van der Waals surface area contributed by atoms with Gasteiger partial charge in [0.1, 0.15) is 5.76 Å². The predicted octanol–water partition coefficient (Wildman–Crippen LogP) is 6.71.